The summed E-state index contributed by atoms with van der Waals surface area (Å²) in [4.78, 5) is 13.2. The number of benzene rings is 2. The fraction of sp³-hybridized carbons (Fsp3) is 0.269. The van der Waals surface area contributed by atoms with E-state index in [1.807, 2.05) is 63.2 Å². The lowest BCUT2D eigenvalue weighted by atomic mass is 9.87. The number of unbranched alkanes of at least 4 members (excludes halogenated alkanes) is 1. The van der Waals surface area contributed by atoms with Crippen molar-refractivity contribution < 1.29 is 4.79 Å². The monoisotopic (exact) mass is 360 g/mol. The Morgan fingerprint density at radius 3 is 1.96 bits per heavy atom. The Morgan fingerprint density at radius 2 is 1.48 bits per heavy atom. The minimum absolute atomic E-state index is 0.0258. The minimum atomic E-state index is 0.0258. The summed E-state index contributed by atoms with van der Waals surface area (Å²) >= 11 is 0. The van der Waals surface area contributed by atoms with Crippen LogP contribution < -0.4 is 0 Å². The van der Waals surface area contributed by atoms with E-state index in [1.165, 1.54) is 12.8 Å². The van der Waals surface area contributed by atoms with E-state index in [0.29, 0.717) is 5.56 Å². The van der Waals surface area contributed by atoms with E-state index in [9.17, 15) is 4.79 Å². The SMILES string of the molecule is C=Cc1cccc(C(=O)C(=C(C)C)c2ccccc2C)c1C=C.CCCC. The molecule has 0 unspecified atom stereocenters. The molecule has 0 bridgehead atoms. The van der Waals surface area contributed by atoms with Crippen LogP contribution in [0.1, 0.15) is 73.1 Å². The van der Waals surface area contributed by atoms with E-state index >= 15 is 0 Å². The summed E-state index contributed by atoms with van der Waals surface area (Å²) in [6.45, 7) is 18.0. The van der Waals surface area contributed by atoms with Crippen LogP contribution in [-0.2, 0) is 0 Å². The maximum Gasteiger partial charge on any atom is 0.194 e. The topological polar surface area (TPSA) is 17.1 Å². The molecule has 142 valence electrons. The Morgan fingerprint density at radius 1 is 0.889 bits per heavy atom. The molecule has 0 aromatic heterocycles. The molecule has 0 N–H and O–H groups in total. The molecular weight excluding hydrogens is 328 g/mol. The van der Waals surface area contributed by atoms with E-state index in [-0.39, 0.29) is 5.78 Å². The van der Waals surface area contributed by atoms with Crippen LogP contribution >= 0.6 is 0 Å². The predicted molar refractivity (Wildman–Crippen MR) is 121 cm³/mol. The predicted octanol–water partition coefficient (Wildman–Crippen LogP) is 7.76. The highest BCUT2D eigenvalue weighted by Crippen LogP contribution is 2.29. The van der Waals surface area contributed by atoms with Gasteiger partial charge in [-0.3, -0.25) is 4.79 Å². The molecule has 0 amide bonds. The van der Waals surface area contributed by atoms with Crippen LogP contribution in [0.5, 0.6) is 0 Å². The van der Waals surface area contributed by atoms with Crippen molar-refractivity contribution in [3.63, 3.8) is 0 Å². The van der Waals surface area contributed by atoms with E-state index in [1.54, 1.807) is 12.2 Å². The summed E-state index contributed by atoms with van der Waals surface area (Å²) in [6.07, 6.45) is 6.12. The summed E-state index contributed by atoms with van der Waals surface area (Å²) in [5.41, 5.74) is 6.25. The number of hydrogen-bond acceptors (Lipinski definition) is 1. The molecule has 0 atom stereocenters. The van der Waals surface area contributed by atoms with Crippen LogP contribution in [0.3, 0.4) is 0 Å². The van der Waals surface area contributed by atoms with Crippen LogP contribution in [0.15, 0.2) is 61.2 Å². The standard InChI is InChI=1S/C22H22O.C4H10/c1-6-17-12-10-14-20(18(17)7-2)22(23)21(15(3)4)19-13-9-8-11-16(19)5;1-3-4-2/h6-14H,1-2H2,3-5H3;3-4H2,1-2H3. The van der Waals surface area contributed by atoms with Gasteiger partial charge in [0.05, 0.1) is 0 Å². The molecule has 1 heteroatoms. The van der Waals surface area contributed by atoms with Crippen molar-refractivity contribution in [1.29, 1.82) is 0 Å². The van der Waals surface area contributed by atoms with Gasteiger partial charge in [-0.05, 0) is 43.0 Å². The number of carbonyl (C=O) groups is 1. The summed E-state index contributed by atoms with van der Waals surface area (Å²) in [5, 5.41) is 0. The van der Waals surface area contributed by atoms with Crippen molar-refractivity contribution in [2.24, 2.45) is 0 Å². The lowest BCUT2D eigenvalue weighted by molar-refractivity contribution is 0.105. The largest absolute Gasteiger partial charge is 0.289 e. The van der Waals surface area contributed by atoms with E-state index in [2.05, 4.69) is 27.0 Å². The molecule has 0 aliphatic heterocycles. The molecule has 0 saturated carbocycles. The van der Waals surface area contributed by atoms with E-state index in [4.69, 9.17) is 0 Å². The molecule has 0 heterocycles. The summed E-state index contributed by atoms with van der Waals surface area (Å²) < 4.78 is 0. The lowest BCUT2D eigenvalue weighted by Gasteiger charge is -2.15. The third kappa shape index (κ3) is 5.65. The molecule has 0 spiro atoms. The Hall–Kier alpha value is -2.67. The molecule has 0 saturated heterocycles. The van der Waals surface area contributed by atoms with Gasteiger partial charge in [0.2, 0.25) is 0 Å². The van der Waals surface area contributed by atoms with Crippen LogP contribution in [-0.4, -0.2) is 5.78 Å². The van der Waals surface area contributed by atoms with Gasteiger partial charge in [-0.25, -0.2) is 0 Å². The maximum atomic E-state index is 13.2. The number of Topliss-reactive ketones (excluding diaryl/α,β-unsaturated/α-hetero) is 1. The highest BCUT2D eigenvalue weighted by molar-refractivity contribution is 6.30. The first kappa shape index (κ1) is 22.4. The first-order valence-corrected chi connectivity index (χ1v) is 9.58. The third-order valence-electron chi connectivity index (χ3n) is 4.45. The van der Waals surface area contributed by atoms with Crippen LogP contribution in [0.25, 0.3) is 17.7 Å². The van der Waals surface area contributed by atoms with Crippen LogP contribution in [0, 0.1) is 6.92 Å². The number of hydrogen-bond donors (Lipinski definition) is 0. The molecule has 27 heavy (non-hydrogen) atoms. The average Bonchev–Trinajstić information content (AvgIpc) is 2.68. The Balaban J connectivity index is 0.000000828. The number of allylic oxidation sites excluding steroid dienone is 2. The smallest absolute Gasteiger partial charge is 0.194 e. The van der Waals surface area contributed by atoms with Crippen molar-refractivity contribution in [2.75, 3.05) is 0 Å². The summed E-state index contributed by atoms with van der Waals surface area (Å²) in [6, 6.07) is 13.7. The zero-order valence-electron chi connectivity index (χ0n) is 17.4. The fourth-order valence-corrected chi connectivity index (χ4v) is 2.79. The zero-order valence-corrected chi connectivity index (χ0v) is 17.4. The molecule has 2 aromatic carbocycles. The van der Waals surface area contributed by atoms with Gasteiger partial charge in [-0.15, -0.1) is 0 Å². The van der Waals surface area contributed by atoms with Crippen LogP contribution in [0.2, 0.25) is 0 Å². The van der Waals surface area contributed by atoms with Crippen molar-refractivity contribution in [2.45, 2.75) is 47.5 Å². The quantitative estimate of drug-likeness (QED) is 0.380. The molecule has 1 nitrogen and oxygen atoms in total. The first-order chi connectivity index (χ1) is 12.9. The molecule has 0 aliphatic carbocycles. The van der Waals surface area contributed by atoms with Gasteiger partial charge in [0, 0.05) is 11.1 Å². The Labute approximate surface area is 165 Å². The van der Waals surface area contributed by atoms with Gasteiger partial charge in [0.15, 0.2) is 5.78 Å². The zero-order chi connectivity index (χ0) is 20.4. The fourth-order valence-electron chi connectivity index (χ4n) is 2.79. The highest BCUT2D eigenvalue weighted by Gasteiger charge is 2.20. The molecule has 2 aromatic rings. The van der Waals surface area contributed by atoms with Crippen LogP contribution in [0.4, 0.5) is 0 Å². The second-order valence-electron chi connectivity index (χ2n) is 6.74. The van der Waals surface area contributed by atoms with Gasteiger partial charge in [0.1, 0.15) is 0 Å². The number of rotatable bonds is 6. The Kier molecular flexibility index (Phi) is 9.22. The summed E-state index contributed by atoms with van der Waals surface area (Å²) in [5.74, 6) is 0.0258. The second-order valence-corrected chi connectivity index (χ2v) is 6.74. The normalized spacial score (nSPS) is 9.67. The minimum Gasteiger partial charge on any atom is -0.289 e. The second kappa shape index (κ2) is 11.1. The van der Waals surface area contributed by atoms with Gasteiger partial charge in [-0.1, -0.05) is 100 Å². The molecule has 2 rings (SSSR count). The number of ketones is 1. The van der Waals surface area contributed by atoms with E-state index < -0.39 is 0 Å². The van der Waals surface area contributed by atoms with Crippen molar-refractivity contribution in [1.82, 2.24) is 0 Å². The number of carbonyl (C=O) groups excluding carboxylic acids is 1. The average molecular weight is 361 g/mol. The molecule has 0 fully saturated rings. The summed E-state index contributed by atoms with van der Waals surface area (Å²) in [7, 11) is 0. The van der Waals surface area contributed by atoms with Gasteiger partial charge >= 0.3 is 0 Å². The van der Waals surface area contributed by atoms with Gasteiger partial charge in [-0.2, -0.15) is 0 Å². The Bertz CT molecular complexity index is 831. The van der Waals surface area contributed by atoms with Crippen molar-refractivity contribution >= 4 is 23.5 Å². The molecule has 0 radical (unpaired) electrons. The maximum absolute atomic E-state index is 13.2. The first-order valence-electron chi connectivity index (χ1n) is 9.58. The third-order valence-corrected chi connectivity index (χ3v) is 4.45. The molecule has 0 aliphatic rings. The van der Waals surface area contributed by atoms with Crippen molar-refractivity contribution in [3.8, 4) is 0 Å². The lowest BCUT2D eigenvalue weighted by Crippen LogP contribution is -2.08. The van der Waals surface area contributed by atoms with Gasteiger partial charge < -0.3 is 0 Å². The number of aryl methyl sites for hydroxylation is 1. The highest BCUT2D eigenvalue weighted by atomic mass is 16.1. The molecular formula is C26H32O. The van der Waals surface area contributed by atoms with Gasteiger partial charge in [0.25, 0.3) is 0 Å². The van der Waals surface area contributed by atoms with E-state index in [0.717, 1.165) is 33.4 Å². The van der Waals surface area contributed by atoms with Crippen molar-refractivity contribution in [3.05, 3.63) is 89.0 Å².